The van der Waals surface area contributed by atoms with Gasteiger partial charge in [-0.3, -0.25) is 14.6 Å². The monoisotopic (exact) mass is 432 g/mol. The van der Waals surface area contributed by atoms with E-state index in [9.17, 15) is 13.2 Å². The van der Waals surface area contributed by atoms with Crippen molar-refractivity contribution < 1.29 is 27.9 Å². The summed E-state index contributed by atoms with van der Waals surface area (Å²) in [6.45, 7) is 0.229. The predicted molar refractivity (Wildman–Crippen MR) is 109 cm³/mol. The highest BCUT2D eigenvalue weighted by molar-refractivity contribution is 7.90. The molecule has 1 aliphatic rings. The number of carboxylic acid groups (broad SMARTS) is 1. The number of likely N-dealkylation sites (N-methyl/N-ethyl adjacent to an activating group) is 1. The SMILES string of the molecule is CNCCc1cn(S(=O)(=O)c2cccc3c2OCC(=O)N3)c2cccnc12.O=CO. The van der Waals surface area contributed by atoms with Crippen molar-refractivity contribution in [1.29, 1.82) is 0 Å². The van der Waals surface area contributed by atoms with Gasteiger partial charge in [0.1, 0.15) is 4.90 Å². The van der Waals surface area contributed by atoms with E-state index in [1.165, 1.54) is 10.0 Å². The van der Waals surface area contributed by atoms with Gasteiger partial charge in [0.25, 0.3) is 22.4 Å². The van der Waals surface area contributed by atoms with Crippen LogP contribution in [0.4, 0.5) is 5.69 Å². The molecule has 3 N–H and O–H groups in total. The number of carbonyl (C=O) groups is 2. The highest BCUT2D eigenvalue weighted by Gasteiger charge is 2.29. The summed E-state index contributed by atoms with van der Waals surface area (Å²) in [6.07, 6.45) is 3.89. The van der Waals surface area contributed by atoms with Gasteiger partial charge in [0.05, 0.1) is 16.7 Å². The summed E-state index contributed by atoms with van der Waals surface area (Å²) in [7, 11) is -2.11. The van der Waals surface area contributed by atoms with Gasteiger partial charge >= 0.3 is 0 Å². The van der Waals surface area contributed by atoms with Gasteiger partial charge in [-0.1, -0.05) is 6.07 Å². The van der Waals surface area contributed by atoms with Crippen LogP contribution in [0.25, 0.3) is 11.0 Å². The first-order chi connectivity index (χ1) is 14.4. The molecule has 0 saturated carbocycles. The molecule has 0 bridgehead atoms. The number of rotatable bonds is 5. The van der Waals surface area contributed by atoms with E-state index in [2.05, 4.69) is 15.6 Å². The Bertz CT molecular complexity index is 1190. The fourth-order valence-electron chi connectivity index (χ4n) is 3.13. The van der Waals surface area contributed by atoms with Gasteiger partial charge in [0.15, 0.2) is 12.4 Å². The smallest absolute Gasteiger partial charge is 0.290 e. The average molecular weight is 432 g/mol. The summed E-state index contributed by atoms with van der Waals surface area (Å²) < 4.78 is 33.5. The lowest BCUT2D eigenvalue weighted by molar-refractivity contribution is -0.123. The Balaban J connectivity index is 0.000000806. The van der Waals surface area contributed by atoms with Gasteiger partial charge in [-0.25, -0.2) is 12.4 Å². The number of pyridine rings is 1. The van der Waals surface area contributed by atoms with Crippen molar-refractivity contribution >= 4 is 39.1 Å². The minimum Gasteiger partial charge on any atom is -0.483 e. The Hall–Kier alpha value is -3.44. The normalized spacial score (nSPS) is 12.9. The number of nitrogens with zero attached hydrogens (tertiary/aromatic N) is 2. The second-order valence-electron chi connectivity index (χ2n) is 6.25. The molecule has 0 atom stereocenters. The summed E-state index contributed by atoms with van der Waals surface area (Å²) >= 11 is 0. The summed E-state index contributed by atoms with van der Waals surface area (Å²) in [4.78, 5) is 24.3. The van der Waals surface area contributed by atoms with E-state index < -0.39 is 10.0 Å². The third-order valence-electron chi connectivity index (χ3n) is 4.38. The Labute approximate surface area is 172 Å². The topological polar surface area (TPSA) is 140 Å². The lowest BCUT2D eigenvalue weighted by Crippen LogP contribution is -2.27. The van der Waals surface area contributed by atoms with Crippen molar-refractivity contribution in [2.24, 2.45) is 0 Å². The molecule has 0 fully saturated rings. The van der Waals surface area contributed by atoms with Crippen LogP contribution in [0.15, 0.2) is 47.6 Å². The number of nitrogens with one attached hydrogen (secondary N) is 2. The Kier molecular flexibility index (Phi) is 6.33. The molecule has 4 rings (SSSR count). The number of ether oxygens (including phenoxy) is 1. The molecule has 0 unspecified atom stereocenters. The summed E-state index contributed by atoms with van der Waals surface area (Å²) in [5.74, 6) is -0.165. The second kappa shape index (κ2) is 8.93. The van der Waals surface area contributed by atoms with Crippen LogP contribution in [-0.4, -0.2) is 55.1 Å². The highest BCUT2D eigenvalue weighted by atomic mass is 32.2. The first-order valence-corrected chi connectivity index (χ1v) is 10.4. The molecule has 0 radical (unpaired) electrons. The third kappa shape index (κ3) is 3.98. The molecule has 158 valence electrons. The van der Waals surface area contributed by atoms with E-state index >= 15 is 0 Å². The molecular formula is C19H20N4O6S. The number of fused-ring (bicyclic) bond motifs is 2. The van der Waals surface area contributed by atoms with Crippen LogP contribution >= 0.6 is 0 Å². The standard InChI is InChI=1S/C18H18N4O4S.CH2O2/c1-19-9-7-12-10-22(14-5-3-8-20-17(12)14)27(24,25)15-6-2-4-13-18(15)26-11-16(23)21-13;2-1-3/h2-6,8,10,19H,7,9,11H2,1H3,(H,21,23);1H,(H,2,3). The van der Waals surface area contributed by atoms with Gasteiger partial charge < -0.3 is 20.5 Å². The van der Waals surface area contributed by atoms with Gasteiger partial charge in [-0.15, -0.1) is 0 Å². The molecule has 30 heavy (non-hydrogen) atoms. The fourth-order valence-corrected chi connectivity index (χ4v) is 4.67. The van der Waals surface area contributed by atoms with Crippen molar-refractivity contribution in [3.63, 3.8) is 0 Å². The summed E-state index contributed by atoms with van der Waals surface area (Å²) in [6, 6.07) is 8.08. The van der Waals surface area contributed by atoms with Crippen molar-refractivity contribution in [3.8, 4) is 5.75 Å². The zero-order chi connectivity index (χ0) is 21.7. The molecule has 1 amide bonds. The highest BCUT2D eigenvalue weighted by Crippen LogP contribution is 2.36. The lowest BCUT2D eigenvalue weighted by Gasteiger charge is -2.20. The van der Waals surface area contributed by atoms with Crippen LogP contribution < -0.4 is 15.4 Å². The Morgan fingerprint density at radius 1 is 1.33 bits per heavy atom. The van der Waals surface area contributed by atoms with Gasteiger partial charge in [0, 0.05) is 12.4 Å². The number of aromatic nitrogens is 2. The molecule has 3 aromatic rings. The first-order valence-electron chi connectivity index (χ1n) is 8.92. The molecule has 1 aromatic carbocycles. The molecule has 0 saturated heterocycles. The Morgan fingerprint density at radius 2 is 2.10 bits per heavy atom. The van der Waals surface area contributed by atoms with Crippen molar-refractivity contribution in [2.75, 3.05) is 25.5 Å². The number of para-hydroxylation sites is 1. The van der Waals surface area contributed by atoms with Gasteiger partial charge in [-0.2, -0.15) is 0 Å². The van der Waals surface area contributed by atoms with Crippen LogP contribution in [-0.2, 0) is 26.0 Å². The maximum Gasteiger partial charge on any atom is 0.290 e. The van der Waals surface area contributed by atoms with E-state index in [1.807, 2.05) is 7.05 Å². The Morgan fingerprint density at radius 3 is 2.83 bits per heavy atom. The maximum absolute atomic E-state index is 13.4. The van der Waals surface area contributed by atoms with Crippen LogP contribution in [0.5, 0.6) is 5.75 Å². The first kappa shape index (κ1) is 21.3. The number of hydrogen-bond donors (Lipinski definition) is 3. The second-order valence-corrected chi connectivity index (χ2v) is 8.04. The number of carbonyl (C=O) groups excluding carboxylic acids is 1. The minimum absolute atomic E-state index is 0.000851. The maximum atomic E-state index is 13.4. The van der Waals surface area contributed by atoms with E-state index in [0.717, 1.165) is 5.56 Å². The van der Waals surface area contributed by atoms with Crippen LogP contribution in [0.1, 0.15) is 5.56 Å². The lowest BCUT2D eigenvalue weighted by atomic mass is 10.2. The van der Waals surface area contributed by atoms with Crippen LogP contribution in [0.3, 0.4) is 0 Å². The third-order valence-corrected chi connectivity index (χ3v) is 6.08. The van der Waals surface area contributed by atoms with Crippen molar-refractivity contribution in [1.82, 2.24) is 14.3 Å². The van der Waals surface area contributed by atoms with Gasteiger partial charge in [-0.05, 0) is 49.8 Å². The minimum atomic E-state index is -3.95. The number of anilines is 1. The molecular weight excluding hydrogens is 412 g/mol. The fraction of sp³-hybridized carbons (Fsp3) is 0.211. The van der Waals surface area contributed by atoms with Gasteiger partial charge in [0.2, 0.25) is 0 Å². The predicted octanol–water partition coefficient (Wildman–Crippen LogP) is 1.07. The summed E-state index contributed by atoms with van der Waals surface area (Å²) in [5.41, 5.74) is 2.33. The number of amides is 1. The van der Waals surface area contributed by atoms with Crippen molar-refractivity contribution in [3.05, 3.63) is 48.3 Å². The van der Waals surface area contributed by atoms with E-state index in [0.29, 0.717) is 29.7 Å². The number of benzene rings is 1. The van der Waals surface area contributed by atoms with Crippen LogP contribution in [0, 0.1) is 0 Å². The molecule has 2 aromatic heterocycles. The summed E-state index contributed by atoms with van der Waals surface area (Å²) in [5, 5.41) is 12.6. The molecule has 3 heterocycles. The number of hydrogen-bond acceptors (Lipinski definition) is 7. The molecule has 1 aliphatic heterocycles. The largest absolute Gasteiger partial charge is 0.483 e. The molecule has 0 aliphatic carbocycles. The zero-order valence-corrected chi connectivity index (χ0v) is 16.8. The molecule has 11 heteroatoms. The molecule has 0 spiro atoms. The van der Waals surface area contributed by atoms with E-state index in [-0.39, 0.29) is 29.6 Å². The molecule has 10 nitrogen and oxygen atoms in total. The van der Waals surface area contributed by atoms with Crippen molar-refractivity contribution in [2.45, 2.75) is 11.3 Å². The quantitative estimate of drug-likeness (QED) is 0.509. The van der Waals surface area contributed by atoms with E-state index in [4.69, 9.17) is 14.6 Å². The zero-order valence-electron chi connectivity index (χ0n) is 16.0. The van der Waals surface area contributed by atoms with E-state index in [1.54, 1.807) is 36.7 Å². The average Bonchev–Trinajstić information content (AvgIpc) is 3.11. The van der Waals surface area contributed by atoms with Crippen LogP contribution in [0.2, 0.25) is 0 Å².